The van der Waals surface area contributed by atoms with Crippen LogP contribution in [0.15, 0.2) is 42.9 Å². The molecule has 0 unspecified atom stereocenters. The summed E-state index contributed by atoms with van der Waals surface area (Å²) in [4.78, 5) is 27.8. The number of rotatable bonds is 5. The lowest BCUT2D eigenvalue weighted by atomic mass is 9.95. The molecule has 5 rings (SSSR count). The van der Waals surface area contributed by atoms with Crippen LogP contribution in [0.25, 0.3) is 22.0 Å². The molecule has 0 spiro atoms. The van der Waals surface area contributed by atoms with Gasteiger partial charge >= 0.3 is 0 Å². The SMILES string of the molecule is NC(=O)C1CCN(c2nc(-c3ccnc(NC4CCCCC4)c3)cc3cnccc23)CC1. The summed E-state index contributed by atoms with van der Waals surface area (Å²) >= 11 is 0. The topological polar surface area (TPSA) is 97.0 Å². The van der Waals surface area contributed by atoms with E-state index >= 15 is 0 Å². The molecule has 3 aromatic rings. The van der Waals surface area contributed by atoms with Crippen molar-refractivity contribution in [2.75, 3.05) is 23.3 Å². The number of carbonyl (C=O) groups is 1. The third-order valence-corrected chi connectivity index (χ3v) is 6.82. The largest absolute Gasteiger partial charge is 0.369 e. The van der Waals surface area contributed by atoms with E-state index in [9.17, 15) is 4.79 Å². The minimum atomic E-state index is -0.199. The Morgan fingerprint density at radius 3 is 2.62 bits per heavy atom. The van der Waals surface area contributed by atoms with Crippen LogP contribution in [0.1, 0.15) is 44.9 Å². The third kappa shape index (κ3) is 4.38. The number of fused-ring (bicyclic) bond motifs is 1. The summed E-state index contributed by atoms with van der Waals surface area (Å²) in [5.74, 6) is 1.61. The summed E-state index contributed by atoms with van der Waals surface area (Å²) in [6.45, 7) is 1.54. The Labute approximate surface area is 188 Å². The van der Waals surface area contributed by atoms with Crippen LogP contribution in [0.5, 0.6) is 0 Å². The van der Waals surface area contributed by atoms with Crippen molar-refractivity contribution in [1.82, 2.24) is 15.0 Å². The Morgan fingerprint density at radius 1 is 1.03 bits per heavy atom. The third-order valence-electron chi connectivity index (χ3n) is 6.82. The maximum atomic E-state index is 11.6. The quantitative estimate of drug-likeness (QED) is 0.631. The number of carbonyl (C=O) groups excluding carboxylic acids is 1. The van der Waals surface area contributed by atoms with E-state index in [-0.39, 0.29) is 11.8 Å². The average molecular weight is 431 g/mol. The van der Waals surface area contributed by atoms with Crippen molar-refractivity contribution in [1.29, 1.82) is 0 Å². The van der Waals surface area contributed by atoms with E-state index in [1.54, 1.807) is 0 Å². The number of nitrogens with one attached hydrogen (secondary N) is 1. The summed E-state index contributed by atoms with van der Waals surface area (Å²) in [5, 5.41) is 5.75. The molecule has 7 heteroatoms. The first kappa shape index (κ1) is 20.7. The molecule has 4 heterocycles. The Morgan fingerprint density at radius 2 is 1.84 bits per heavy atom. The van der Waals surface area contributed by atoms with Crippen molar-refractivity contribution in [2.24, 2.45) is 11.7 Å². The molecule has 0 radical (unpaired) electrons. The van der Waals surface area contributed by atoms with Crippen LogP contribution < -0.4 is 16.0 Å². The molecule has 32 heavy (non-hydrogen) atoms. The molecule has 7 nitrogen and oxygen atoms in total. The van der Waals surface area contributed by atoms with Gasteiger partial charge in [-0.2, -0.15) is 0 Å². The van der Waals surface area contributed by atoms with Crippen molar-refractivity contribution in [3.63, 3.8) is 0 Å². The maximum Gasteiger partial charge on any atom is 0.220 e. The number of piperidine rings is 1. The number of amides is 1. The summed E-state index contributed by atoms with van der Waals surface area (Å²) in [6, 6.07) is 8.73. The van der Waals surface area contributed by atoms with Crippen molar-refractivity contribution in [3.05, 3.63) is 42.9 Å². The van der Waals surface area contributed by atoms with Crippen molar-refractivity contribution in [2.45, 2.75) is 51.0 Å². The predicted molar refractivity (Wildman–Crippen MR) is 127 cm³/mol. The van der Waals surface area contributed by atoms with E-state index < -0.39 is 0 Å². The fraction of sp³-hybridized carbons (Fsp3) is 0.440. The first-order valence-electron chi connectivity index (χ1n) is 11.7. The van der Waals surface area contributed by atoms with Crippen LogP contribution >= 0.6 is 0 Å². The predicted octanol–water partition coefficient (Wildman–Crippen LogP) is 4.14. The van der Waals surface area contributed by atoms with Crippen LogP contribution in [-0.2, 0) is 4.79 Å². The number of nitrogens with zero attached hydrogens (tertiary/aromatic N) is 4. The standard InChI is InChI=1S/C25H30N6O/c26-24(32)17-8-12-31(13-9-17)25-21-7-10-27-16-19(21)14-22(30-25)18-6-11-28-23(15-18)29-20-4-2-1-3-5-20/h6-7,10-11,14-17,20H,1-5,8-9,12-13H2,(H2,26,32)(H,28,29). The highest BCUT2D eigenvalue weighted by Crippen LogP contribution is 2.32. The van der Waals surface area contributed by atoms with Gasteiger partial charge in [0.25, 0.3) is 0 Å². The number of primary amides is 1. The van der Waals surface area contributed by atoms with Crippen molar-refractivity contribution < 1.29 is 4.79 Å². The van der Waals surface area contributed by atoms with E-state index in [0.29, 0.717) is 6.04 Å². The van der Waals surface area contributed by atoms with Gasteiger partial charge in [0.15, 0.2) is 0 Å². The Balaban J connectivity index is 1.46. The zero-order valence-electron chi connectivity index (χ0n) is 18.3. The molecule has 2 aliphatic rings. The van der Waals surface area contributed by atoms with Gasteiger partial charge < -0.3 is 16.0 Å². The maximum absolute atomic E-state index is 11.6. The van der Waals surface area contributed by atoms with E-state index in [0.717, 1.165) is 59.6 Å². The number of nitrogens with two attached hydrogens (primary N) is 1. The van der Waals surface area contributed by atoms with Crippen LogP contribution in [0.2, 0.25) is 0 Å². The van der Waals surface area contributed by atoms with Gasteiger partial charge in [-0.25, -0.2) is 9.97 Å². The molecule has 3 N–H and O–H groups in total. The number of pyridine rings is 3. The fourth-order valence-corrected chi connectivity index (χ4v) is 4.97. The Kier molecular flexibility index (Phi) is 5.88. The van der Waals surface area contributed by atoms with E-state index in [4.69, 9.17) is 10.7 Å². The first-order chi connectivity index (χ1) is 15.7. The summed E-state index contributed by atoms with van der Waals surface area (Å²) in [7, 11) is 0. The second kappa shape index (κ2) is 9.10. The molecule has 0 aromatic carbocycles. The Bertz CT molecular complexity index is 1100. The van der Waals surface area contributed by atoms with Gasteiger partial charge in [-0.15, -0.1) is 0 Å². The molecule has 1 aliphatic heterocycles. The zero-order valence-corrected chi connectivity index (χ0v) is 18.3. The van der Waals surface area contributed by atoms with Gasteiger partial charge in [-0.1, -0.05) is 19.3 Å². The van der Waals surface area contributed by atoms with Crippen LogP contribution in [0.4, 0.5) is 11.6 Å². The number of aromatic nitrogens is 3. The monoisotopic (exact) mass is 430 g/mol. The molecular formula is C25H30N6O. The lowest BCUT2D eigenvalue weighted by Gasteiger charge is -2.32. The van der Waals surface area contributed by atoms with Crippen LogP contribution in [0.3, 0.4) is 0 Å². The van der Waals surface area contributed by atoms with Gasteiger partial charge in [0.2, 0.25) is 5.91 Å². The van der Waals surface area contributed by atoms with Gasteiger partial charge in [-0.3, -0.25) is 9.78 Å². The molecule has 1 amide bonds. The zero-order chi connectivity index (χ0) is 21.9. The number of anilines is 2. The molecular weight excluding hydrogens is 400 g/mol. The van der Waals surface area contributed by atoms with Gasteiger partial charge in [0, 0.05) is 60.0 Å². The highest BCUT2D eigenvalue weighted by atomic mass is 16.1. The normalized spacial score (nSPS) is 18.1. The van der Waals surface area contributed by atoms with E-state index in [1.165, 1.54) is 32.1 Å². The molecule has 2 fully saturated rings. The van der Waals surface area contributed by atoms with E-state index in [1.807, 2.05) is 30.7 Å². The molecule has 166 valence electrons. The second-order valence-corrected chi connectivity index (χ2v) is 9.00. The number of hydrogen-bond acceptors (Lipinski definition) is 6. The number of hydrogen-bond donors (Lipinski definition) is 2. The summed E-state index contributed by atoms with van der Waals surface area (Å²) < 4.78 is 0. The van der Waals surface area contributed by atoms with Gasteiger partial charge in [-0.05, 0) is 49.9 Å². The second-order valence-electron chi connectivity index (χ2n) is 9.00. The minimum absolute atomic E-state index is 0.0454. The van der Waals surface area contributed by atoms with Crippen LogP contribution in [0, 0.1) is 5.92 Å². The molecule has 1 saturated heterocycles. The van der Waals surface area contributed by atoms with Crippen LogP contribution in [-0.4, -0.2) is 40.0 Å². The summed E-state index contributed by atoms with van der Waals surface area (Å²) in [6.07, 6.45) is 13.4. The fourth-order valence-electron chi connectivity index (χ4n) is 4.97. The average Bonchev–Trinajstić information content (AvgIpc) is 2.84. The summed E-state index contributed by atoms with van der Waals surface area (Å²) in [5.41, 5.74) is 7.48. The molecule has 0 atom stereocenters. The minimum Gasteiger partial charge on any atom is -0.369 e. The lowest BCUT2D eigenvalue weighted by molar-refractivity contribution is -0.122. The molecule has 3 aromatic heterocycles. The van der Waals surface area contributed by atoms with Crippen molar-refractivity contribution >= 4 is 28.3 Å². The highest BCUT2D eigenvalue weighted by molar-refractivity contribution is 5.94. The molecule has 1 aliphatic carbocycles. The molecule has 1 saturated carbocycles. The van der Waals surface area contributed by atoms with Gasteiger partial charge in [0.05, 0.1) is 5.69 Å². The van der Waals surface area contributed by atoms with Crippen molar-refractivity contribution in [3.8, 4) is 11.3 Å². The van der Waals surface area contributed by atoms with E-state index in [2.05, 4.69) is 32.3 Å². The smallest absolute Gasteiger partial charge is 0.220 e. The first-order valence-corrected chi connectivity index (χ1v) is 11.7. The highest BCUT2D eigenvalue weighted by Gasteiger charge is 2.25. The molecule has 0 bridgehead atoms. The lowest BCUT2D eigenvalue weighted by Crippen LogP contribution is -2.39. The Hall–Kier alpha value is -3.22. The van der Waals surface area contributed by atoms with Gasteiger partial charge in [0.1, 0.15) is 11.6 Å².